The zero-order valence-corrected chi connectivity index (χ0v) is 27.6. The Balaban J connectivity index is 1.53. The first-order valence-corrected chi connectivity index (χ1v) is 15.8. The van der Waals surface area contributed by atoms with Crippen LogP contribution in [0.3, 0.4) is 0 Å². The molecule has 0 saturated carbocycles. The number of nitrogens with one attached hydrogen (secondary N) is 1. The van der Waals surface area contributed by atoms with Gasteiger partial charge in [-0.25, -0.2) is 9.79 Å². The van der Waals surface area contributed by atoms with Crippen LogP contribution in [0.25, 0.3) is 6.08 Å². The number of carbonyl (C=O) groups excluding carboxylic acids is 2. The Kier molecular flexibility index (Phi) is 10.3. The molecule has 1 aliphatic heterocycles. The van der Waals surface area contributed by atoms with Gasteiger partial charge in [0.15, 0.2) is 34.4 Å². The summed E-state index contributed by atoms with van der Waals surface area (Å²) in [5.74, 6) is -0.393. The van der Waals surface area contributed by atoms with Crippen LogP contribution in [-0.4, -0.2) is 48.5 Å². The first-order valence-electron chi connectivity index (χ1n) is 14.7. The van der Waals surface area contributed by atoms with E-state index in [2.05, 4.69) is 10.3 Å². The molecular formula is C34H32ClN3O8S. The summed E-state index contributed by atoms with van der Waals surface area (Å²) in [6.07, 6.45) is 1.68. The highest BCUT2D eigenvalue weighted by Crippen LogP contribution is 2.40. The predicted molar refractivity (Wildman–Crippen MR) is 178 cm³/mol. The standard InChI is InChI=1S/C34H32ClN3O8S/c1-5-44-25-14-20(12-13-24(25)46-18-28(39)37-22-10-8-7-9-11-22)15-27-32(41)38-30(21-16-23(35)31(40)26(17-21)43-4)29(33(42)45-6-2)19(3)36-34(38)47-27/h7-17,30,40H,5-6,18H2,1-4H3,(H,37,39)/b27-15+. The highest BCUT2D eigenvalue weighted by Gasteiger charge is 2.34. The summed E-state index contributed by atoms with van der Waals surface area (Å²) in [5, 5.41) is 13.1. The van der Waals surface area contributed by atoms with Gasteiger partial charge in [-0.15, -0.1) is 0 Å². The number of methoxy groups -OCH3 is 1. The third-order valence-electron chi connectivity index (χ3n) is 7.09. The number of para-hydroxylation sites is 1. The van der Waals surface area contributed by atoms with Gasteiger partial charge in [-0.05, 0) is 74.4 Å². The molecule has 5 rings (SSSR count). The van der Waals surface area contributed by atoms with Crippen molar-refractivity contribution in [3.8, 4) is 23.0 Å². The Morgan fingerprint density at radius 2 is 1.81 bits per heavy atom. The third-order valence-corrected chi connectivity index (χ3v) is 8.36. The second kappa shape index (κ2) is 14.6. The number of phenols is 1. The first kappa shape index (κ1) is 33.3. The molecule has 0 fully saturated rings. The smallest absolute Gasteiger partial charge is 0.338 e. The molecule has 2 N–H and O–H groups in total. The SMILES string of the molecule is CCOC(=O)C1=C(C)N=c2s/c(=C/c3ccc(OCC(=O)Nc4ccccc4)c(OCC)c3)c(=O)n2C1c1cc(Cl)c(O)c(OC)c1. The highest BCUT2D eigenvalue weighted by molar-refractivity contribution is 7.07. The second-order valence-electron chi connectivity index (χ2n) is 10.2. The number of fused-ring (bicyclic) bond motifs is 1. The fourth-order valence-corrected chi connectivity index (χ4v) is 6.30. The minimum atomic E-state index is -0.962. The Labute approximate surface area is 279 Å². The summed E-state index contributed by atoms with van der Waals surface area (Å²) in [7, 11) is 1.38. The monoisotopic (exact) mass is 677 g/mol. The third kappa shape index (κ3) is 7.18. The van der Waals surface area contributed by atoms with Crippen LogP contribution < -0.4 is 34.4 Å². The number of nitrogens with zero attached hydrogens (tertiary/aromatic N) is 2. The molecule has 1 aliphatic rings. The van der Waals surface area contributed by atoms with Gasteiger partial charge in [0.25, 0.3) is 11.5 Å². The van der Waals surface area contributed by atoms with E-state index in [0.29, 0.717) is 50.0 Å². The zero-order valence-electron chi connectivity index (χ0n) is 26.0. The van der Waals surface area contributed by atoms with Crippen LogP contribution in [-0.2, 0) is 14.3 Å². The second-order valence-corrected chi connectivity index (χ2v) is 11.6. The topological polar surface area (TPSA) is 138 Å². The Morgan fingerprint density at radius 1 is 1.04 bits per heavy atom. The van der Waals surface area contributed by atoms with Gasteiger partial charge in [0, 0.05) is 5.69 Å². The van der Waals surface area contributed by atoms with Crippen molar-refractivity contribution in [2.24, 2.45) is 4.99 Å². The fourth-order valence-electron chi connectivity index (χ4n) is 5.03. The molecule has 1 unspecified atom stereocenters. The number of aromatic nitrogens is 1. The fraction of sp³-hybridized carbons (Fsp3) is 0.235. The van der Waals surface area contributed by atoms with Gasteiger partial charge in [0.2, 0.25) is 0 Å². The number of rotatable bonds is 11. The van der Waals surface area contributed by atoms with E-state index in [1.807, 2.05) is 25.1 Å². The van der Waals surface area contributed by atoms with Crippen LogP contribution in [0.1, 0.15) is 37.9 Å². The zero-order chi connectivity index (χ0) is 33.7. The maximum atomic E-state index is 14.0. The van der Waals surface area contributed by atoms with Crippen LogP contribution in [0.5, 0.6) is 23.0 Å². The highest BCUT2D eigenvalue weighted by atomic mass is 35.5. The number of phenolic OH excluding ortho intramolecular Hbond substituents is 1. The Bertz CT molecular complexity index is 2040. The summed E-state index contributed by atoms with van der Waals surface area (Å²) in [6, 6.07) is 16.2. The number of halogens is 1. The van der Waals surface area contributed by atoms with Gasteiger partial charge in [-0.3, -0.25) is 14.2 Å². The average Bonchev–Trinajstić information content (AvgIpc) is 3.35. The van der Waals surface area contributed by atoms with Gasteiger partial charge in [0.1, 0.15) is 0 Å². The number of carbonyl (C=O) groups is 2. The molecule has 11 nitrogen and oxygen atoms in total. The minimum Gasteiger partial charge on any atom is -0.503 e. The van der Waals surface area contributed by atoms with Crippen molar-refractivity contribution >= 4 is 46.6 Å². The summed E-state index contributed by atoms with van der Waals surface area (Å²) < 4.78 is 23.9. The first-order chi connectivity index (χ1) is 22.6. The number of thiazole rings is 1. The van der Waals surface area contributed by atoms with Crippen molar-refractivity contribution < 1.29 is 33.6 Å². The molecule has 1 amide bonds. The summed E-state index contributed by atoms with van der Waals surface area (Å²) in [6.45, 7) is 5.40. The molecule has 4 aromatic rings. The van der Waals surface area contributed by atoms with E-state index in [1.54, 1.807) is 50.3 Å². The van der Waals surface area contributed by atoms with Gasteiger partial charge >= 0.3 is 5.97 Å². The number of benzene rings is 3. The molecule has 3 aromatic carbocycles. The quantitative estimate of drug-likeness (QED) is 0.220. The van der Waals surface area contributed by atoms with Crippen LogP contribution in [0, 0.1) is 0 Å². The summed E-state index contributed by atoms with van der Waals surface area (Å²) >= 11 is 7.47. The number of amides is 1. The molecule has 0 saturated heterocycles. The van der Waals surface area contributed by atoms with E-state index < -0.39 is 17.6 Å². The molecular weight excluding hydrogens is 646 g/mol. The number of aromatic hydroxyl groups is 1. The van der Waals surface area contributed by atoms with Crippen molar-refractivity contribution in [2.45, 2.75) is 26.8 Å². The van der Waals surface area contributed by atoms with E-state index in [1.165, 1.54) is 23.8 Å². The van der Waals surface area contributed by atoms with Crippen LogP contribution >= 0.6 is 22.9 Å². The summed E-state index contributed by atoms with van der Waals surface area (Å²) in [5.41, 5.74) is 1.83. The lowest BCUT2D eigenvalue weighted by atomic mass is 9.95. The minimum absolute atomic E-state index is 0.0114. The number of hydrogen-bond donors (Lipinski definition) is 2. The van der Waals surface area contributed by atoms with Gasteiger partial charge in [0.05, 0.1) is 47.2 Å². The molecule has 0 spiro atoms. The van der Waals surface area contributed by atoms with Crippen LogP contribution in [0.15, 0.2) is 81.7 Å². The van der Waals surface area contributed by atoms with E-state index in [4.69, 9.17) is 30.5 Å². The molecule has 244 valence electrons. The molecule has 0 radical (unpaired) electrons. The average molecular weight is 678 g/mol. The largest absolute Gasteiger partial charge is 0.503 e. The molecule has 0 bridgehead atoms. The van der Waals surface area contributed by atoms with Crippen LogP contribution in [0.4, 0.5) is 5.69 Å². The number of anilines is 1. The van der Waals surface area contributed by atoms with E-state index in [0.717, 1.165) is 11.3 Å². The van der Waals surface area contributed by atoms with E-state index in [-0.39, 0.29) is 41.2 Å². The lowest BCUT2D eigenvalue weighted by Gasteiger charge is -2.25. The van der Waals surface area contributed by atoms with Crippen molar-refractivity contribution in [3.63, 3.8) is 0 Å². The Morgan fingerprint density at radius 3 is 2.51 bits per heavy atom. The van der Waals surface area contributed by atoms with Gasteiger partial charge in [-0.2, -0.15) is 0 Å². The van der Waals surface area contributed by atoms with E-state index in [9.17, 15) is 19.5 Å². The lowest BCUT2D eigenvalue weighted by Crippen LogP contribution is -2.40. The number of ether oxygens (including phenoxy) is 4. The molecule has 13 heteroatoms. The van der Waals surface area contributed by atoms with Crippen molar-refractivity contribution in [1.82, 2.24) is 4.57 Å². The predicted octanol–water partition coefficient (Wildman–Crippen LogP) is 4.58. The molecule has 2 heterocycles. The lowest BCUT2D eigenvalue weighted by molar-refractivity contribution is -0.139. The van der Waals surface area contributed by atoms with Crippen LogP contribution in [0.2, 0.25) is 5.02 Å². The molecule has 1 atom stereocenters. The number of hydrogen-bond acceptors (Lipinski definition) is 10. The molecule has 1 aromatic heterocycles. The van der Waals surface area contributed by atoms with Gasteiger partial charge < -0.3 is 29.4 Å². The van der Waals surface area contributed by atoms with Gasteiger partial charge in [-0.1, -0.05) is 47.2 Å². The van der Waals surface area contributed by atoms with Crippen molar-refractivity contribution in [3.05, 3.63) is 108 Å². The Hall–Kier alpha value is -5.07. The number of esters is 1. The van der Waals surface area contributed by atoms with Crippen molar-refractivity contribution in [2.75, 3.05) is 32.2 Å². The van der Waals surface area contributed by atoms with Crippen molar-refractivity contribution in [1.29, 1.82) is 0 Å². The number of allylic oxidation sites excluding steroid dienone is 1. The molecule has 47 heavy (non-hydrogen) atoms. The summed E-state index contributed by atoms with van der Waals surface area (Å²) in [4.78, 5) is 44.6. The normalized spacial score (nSPS) is 14.2. The maximum Gasteiger partial charge on any atom is 0.338 e. The van der Waals surface area contributed by atoms with E-state index >= 15 is 0 Å². The maximum absolute atomic E-state index is 14.0. The molecule has 0 aliphatic carbocycles.